The average molecular weight is 323 g/mol. The average Bonchev–Trinajstić information content (AvgIpc) is 3.00. The number of thioether (sulfide) groups is 1. The molecule has 110 valence electrons. The Morgan fingerprint density at radius 2 is 2.05 bits per heavy atom. The standard InChI is InChI=1S/C12H12F3NO2S2/c13-12(14,15)8-2-1-3-11(4-8)20(17,18)16-6-10-5-9(16)7-19-10/h1-4,9-10H,5-7H2. The van der Waals surface area contributed by atoms with Gasteiger partial charge in [0.2, 0.25) is 10.0 Å². The van der Waals surface area contributed by atoms with Gasteiger partial charge in [0, 0.05) is 23.6 Å². The molecule has 0 aromatic heterocycles. The number of benzene rings is 1. The largest absolute Gasteiger partial charge is 0.416 e. The zero-order valence-corrected chi connectivity index (χ0v) is 11.9. The minimum atomic E-state index is -4.54. The van der Waals surface area contributed by atoms with E-state index in [9.17, 15) is 21.6 Å². The lowest BCUT2D eigenvalue weighted by atomic mass is 10.2. The first-order valence-corrected chi connectivity index (χ1v) is 8.58. The molecule has 2 saturated heterocycles. The highest BCUT2D eigenvalue weighted by atomic mass is 32.2. The highest BCUT2D eigenvalue weighted by Crippen LogP contribution is 2.40. The molecule has 2 fully saturated rings. The van der Waals surface area contributed by atoms with Gasteiger partial charge in [-0.2, -0.15) is 29.2 Å². The maximum absolute atomic E-state index is 12.7. The zero-order chi connectivity index (χ0) is 14.5. The topological polar surface area (TPSA) is 37.4 Å². The van der Waals surface area contributed by atoms with Gasteiger partial charge in [0.05, 0.1) is 10.5 Å². The van der Waals surface area contributed by atoms with Crippen molar-refractivity contribution in [3.05, 3.63) is 29.8 Å². The van der Waals surface area contributed by atoms with Crippen molar-refractivity contribution in [1.82, 2.24) is 4.31 Å². The molecule has 3 nitrogen and oxygen atoms in total. The highest BCUT2D eigenvalue weighted by molar-refractivity contribution is 8.00. The molecule has 1 aromatic rings. The van der Waals surface area contributed by atoms with Crippen molar-refractivity contribution in [2.24, 2.45) is 0 Å². The number of hydrogen-bond donors (Lipinski definition) is 0. The number of fused-ring (bicyclic) bond motifs is 2. The molecule has 0 N–H and O–H groups in total. The molecule has 2 atom stereocenters. The van der Waals surface area contributed by atoms with Gasteiger partial charge in [-0.05, 0) is 24.6 Å². The minimum Gasteiger partial charge on any atom is -0.207 e. The summed E-state index contributed by atoms with van der Waals surface area (Å²) in [5.74, 6) is 0.725. The molecule has 0 aliphatic carbocycles. The number of halogens is 3. The van der Waals surface area contributed by atoms with Crippen LogP contribution in [0.15, 0.2) is 29.2 Å². The van der Waals surface area contributed by atoms with E-state index in [0.717, 1.165) is 24.3 Å². The van der Waals surface area contributed by atoms with Crippen LogP contribution in [0.25, 0.3) is 0 Å². The van der Waals surface area contributed by atoms with Crippen LogP contribution in [0.1, 0.15) is 12.0 Å². The second kappa shape index (κ2) is 4.64. The molecule has 0 spiro atoms. The molecule has 20 heavy (non-hydrogen) atoms. The van der Waals surface area contributed by atoms with Crippen LogP contribution in [0.2, 0.25) is 0 Å². The Kier molecular flexibility index (Phi) is 3.30. The maximum Gasteiger partial charge on any atom is 0.416 e. The second-order valence-electron chi connectivity index (χ2n) is 4.95. The molecule has 2 heterocycles. The normalized spacial score (nSPS) is 27.1. The van der Waals surface area contributed by atoms with Crippen LogP contribution in [0.5, 0.6) is 0 Å². The molecule has 1 aromatic carbocycles. The fraction of sp³-hybridized carbons (Fsp3) is 0.500. The maximum atomic E-state index is 12.7. The summed E-state index contributed by atoms with van der Waals surface area (Å²) in [5.41, 5.74) is -0.933. The van der Waals surface area contributed by atoms with Crippen molar-refractivity contribution in [3.63, 3.8) is 0 Å². The fourth-order valence-corrected chi connectivity index (χ4v) is 5.98. The summed E-state index contributed by atoms with van der Waals surface area (Å²) < 4.78 is 64.3. The van der Waals surface area contributed by atoms with E-state index in [0.29, 0.717) is 12.6 Å². The van der Waals surface area contributed by atoms with Crippen LogP contribution in [0.3, 0.4) is 0 Å². The van der Waals surface area contributed by atoms with E-state index in [2.05, 4.69) is 0 Å². The van der Waals surface area contributed by atoms with Gasteiger partial charge in [0.25, 0.3) is 0 Å². The first kappa shape index (κ1) is 14.2. The van der Waals surface area contributed by atoms with Crippen LogP contribution < -0.4 is 0 Å². The third kappa shape index (κ3) is 2.33. The van der Waals surface area contributed by atoms with Crippen molar-refractivity contribution in [2.45, 2.75) is 28.8 Å². The summed E-state index contributed by atoms with van der Waals surface area (Å²) in [5, 5.41) is 0.278. The Balaban J connectivity index is 1.96. The predicted octanol–water partition coefficient (Wildman–Crippen LogP) is 2.58. The second-order valence-corrected chi connectivity index (χ2v) is 8.17. The van der Waals surface area contributed by atoms with Gasteiger partial charge in [0.15, 0.2) is 0 Å². The zero-order valence-electron chi connectivity index (χ0n) is 10.3. The molecular formula is C12H12F3NO2S2. The van der Waals surface area contributed by atoms with Crippen molar-refractivity contribution >= 4 is 21.8 Å². The number of nitrogens with zero attached hydrogens (tertiary/aromatic N) is 1. The van der Waals surface area contributed by atoms with E-state index >= 15 is 0 Å². The smallest absolute Gasteiger partial charge is 0.207 e. The van der Waals surface area contributed by atoms with Gasteiger partial charge in [-0.1, -0.05) is 6.07 Å². The third-order valence-corrected chi connectivity index (χ3v) is 6.92. The van der Waals surface area contributed by atoms with E-state index in [-0.39, 0.29) is 16.2 Å². The Labute approximate surface area is 119 Å². The summed E-state index contributed by atoms with van der Waals surface area (Å²) in [6.45, 7) is 0.397. The number of sulfonamides is 1. The molecule has 2 aliphatic rings. The summed E-state index contributed by atoms with van der Waals surface area (Å²) >= 11 is 1.73. The van der Waals surface area contributed by atoms with E-state index in [4.69, 9.17) is 0 Å². The summed E-state index contributed by atoms with van der Waals surface area (Å²) in [6.07, 6.45) is -3.74. The molecule has 0 amide bonds. The van der Waals surface area contributed by atoms with E-state index in [1.165, 1.54) is 10.4 Å². The lowest BCUT2D eigenvalue weighted by molar-refractivity contribution is -0.137. The van der Waals surface area contributed by atoms with Gasteiger partial charge in [-0.15, -0.1) is 0 Å². The molecule has 8 heteroatoms. The number of alkyl halides is 3. The number of rotatable bonds is 2. The van der Waals surface area contributed by atoms with Gasteiger partial charge in [-0.3, -0.25) is 0 Å². The summed E-state index contributed by atoms with van der Waals surface area (Å²) in [6, 6.07) is 3.88. The van der Waals surface area contributed by atoms with E-state index < -0.39 is 21.8 Å². The van der Waals surface area contributed by atoms with Crippen molar-refractivity contribution < 1.29 is 21.6 Å². The molecule has 0 radical (unpaired) electrons. The first-order chi connectivity index (χ1) is 9.28. The van der Waals surface area contributed by atoms with Crippen LogP contribution in [0.4, 0.5) is 13.2 Å². The van der Waals surface area contributed by atoms with Gasteiger partial charge >= 0.3 is 6.18 Å². The fourth-order valence-electron chi connectivity index (χ4n) is 2.63. The van der Waals surface area contributed by atoms with Crippen LogP contribution >= 0.6 is 11.8 Å². The number of hydrogen-bond acceptors (Lipinski definition) is 3. The SMILES string of the molecule is O=S(=O)(c1cccc(C(F)(F)F)c1)N1CC2CC1CS2. The van der Waals surface area contributed by atoms with Crippen LogP contribution in [0, 0.1) is 0 Å². The van der Waals surface area contributed by atoms with Crippen molar-refractivity contribution in [3.8, 4) is 0 Å². The molecular weight excluding hydrogens is 311 g/mol. The molecule has 2 bridgehead atoms. The summed E-state index contributed by atoms with van der Waals surface area (Å²) in [7, 11) is -3.83. The Bertz CT molecular complexity index is 630. The quantitative estimate of drug-likeness (QED) is 0.839. The van der Waals surface area contributed by atoms with Gasteiger partial charge in [-0.25, -0.2) is 8.42 Å². The van der Waals surface area contributed by atoms with E-state index in [1.807, 2.05) is 0 Å². The van der Waals surface area contributed by atoms with Crippen LogP contribution in [-0.4, -0.2) is 36.3 Å². The Morgan fingerprint density at radius 3 is 2.60 bits per heavy atom. The molecule has 2 unspecified atom stereocenters. The third-order valence-electron chi connectivity index (χ3n) is 3.62. The van der Waals surface area contributed by atoms with Crippen molar-refractivity contribution in [2.75, 3.05) is 12.3 Å². The predicted molar refractivity (Wildman–Crippen MR) is 70.0 cm³/mol. The molecule has 2 aliphatic heterocycles. The molecule has 0 saturated carbocycles. The highest BCUT2D eigenvalue weighted by Gasteiger charge is 2.45. The Morgan fingerprint density at radius 1 is 1.30 bits per heavy atom. The lowest BCUT2D eigenvalue weighted by Gasteiger charge is -2.26. The first-order valence-electron chi connectivity index (χ1n) is 6.09. The van der Waals surface area contributed by atoms with E-state index in [1.54, 1.807) is 11.8 Å². The van der Waals surface area contributed by atoms with Crippen LogP contribution in [-0.2, 0) is 16.2 Å². The lowest BCUT2D eigenvalue weighted by Crippen LogP contribution is -2.39. The van der Waals surface area contributed by atoms with Gasteiger partial charge < -0.3 is 0 Å². The monoisotopic (exact) mass is 323 g/mol. The van der Waals surface area contributed by atoms with Gasteiger partial charge in [0.1, 0.15) is 0 Å². The molecule has 3 rings (SSSR count). The minimum absolute atomic E-state index is 0.0791. The summed E-state index contributed by atoms with van der Waals surface area (Å²) in [4.78, 5) is -0.273. The van der Waals surface area contributed by atoms with Crippen molar-refractivity contribution in [1.29, 1.82) is 0 Å². The Hall–Kier alpha value is -0.730.